The van der Waals surface area contributed by atoms with E-state index in [-0.39, 0.29) is 13.2 Å². The number of rotatable bonds is 11. The zero-order valence-corrected chi connectivity index (χ0v) is 21.2. The number of nitrogen functional groups attached to an aromatic ring is 1. The van der Waals surface area contributed by atoms with E-state index >= 15 is 0 Å². The number of carbonyl (C=O) groups is 1. The molecule has 1 amide bonds. The summed E-state index contributed by atoms with van der Waals surface area (Å²) in [5, 5.41) is 10.7. The van der Waals surface area contributed by atoms with Crippen molar-refractivity contribution in [3.8, 4) is 11.5 Å². The molecule has 3 rings (SSSR count). The molecule has 7 heteroatoms. The van der Waals surface area contributed by atoms with Crippen molar-refractivity contribution in [2.45, 2.75) is 45.5 Å². The van der Waals surface area contributed by atoms with Gasteiger partial charge in [0.25, 0.3) is 0 Å². The first kappa shape index (κ1) is 26.9. The highest BCUT2D eigenvalue weighted by Gasteiger charge is 2.24. The summed E-state index contributed by atoms with van der Waals surface area (Å²) in [5.41, 5.74) is 7.91. The second kappa shape index (κ2) is 12.8. The molecule has 0 radical (unpaired) electrons. The summed E-state index contributed by atoms with van der Waals surface area (Å²) in [6.45, 7) is 6.38. The molecular weight excluding hydrogens is 456 g/mol. The Morgan fingerprint density at radius 3 is 2.25 bits per heavy atom. The molecule has 3 aromatic carbocycles. The fourth-order valence-electron chi connectivity index (χ4n) is 3.43. The Labute approximate surface area is 213 Å². The van der Waals surface area contributed by atoms with Crippen molar-refractivity contribution in [1.29, 1.82) is 0 Å². The number of aliphatic hydroxyl groups is 1. The second-order valence-electron chi connectivity index (χ2n) is 9.63. The summed E-state index contributed by atoms with van der Waals surface area (Å²) in [5.74, 6) is 1.25. The number of aliphatic hydroxyl groups excluding tert-OH is 1. The van der Waals surface area contributed by atoms with Gasteiger partial charge >= 0.3 is 6.09 Å². The first-order valence-corrected chi connectivity index (χ1v) is 12.1. The van der Waals surface area contributed by atoms with Crippen LogP contribution in [0, 0.1) is 0 Å². The monoisotopic (exact) mass is 492 g/mol. The van der Waals surface area contributed by atoms with Crippen LogP contribution in [0.3, 0.4) is 0 Å². The van der Waals surface area contributed by atoms with Gasteiger partial charge in [0.15, 0.2) is 0 Å². The molecule has 0 saturated carbocycles. The molecule has 0 bridgehead atoms. The predicted molar refractivity (Wildman–Crippen MR) is 141 cm³/mol. The molecule has 0 saturated heterocycles. The molecule has 1 atom stereocenters. The Morgan fingerprint density at radius 1 is 0.917 bits per heavy atom. The third kappa shape index (κ3) is 9.50. The van der Waals surface area contributed by atoms with E-state index in [0.717, 1.165) is 11.1 Å². The van der Waals surface area contributed by atoms with Crippen LogP contribution in [0.4, 0.5) is 10.5 Å². The number of benzene rings is 3. The molecule has 3 aromatic rings. The maximum atomic E-state index is 12.8. The number of amides is 1. The number of carbonyl (C=O) groups excluding carboxylic acids is 1. The van der Waals surface area contributed by atoms with E-state index in [0.29, 0.717) is 36.8 Å². The second-order valence-corrected chi connectivity index (χ2v) is 9.63. The fraction of sp³-hybridized carbons (Fsp3) is 0.345. The van der Waals surface area contributed by atoms with Gasteiger partial charge in [-0.3, -0.25) is 0 Å². The van der Waals surface area contributed by atoms with Gasteiger partial charge in [-0.05, 0) is 62.6 Å². The Morgan fingerprint density at radius 2 is 1.58 bits per heavy atom. The Hall–Kier alpha value is -3.71. The molecule has 0 spiro atoms. The minimum absolute atomic E-state index is 0.0172. The van der Waals surface area contributed by atoms with Crippen molar-refractivity contribution in [1.82, 2.24) is 4.90 Å². The number of hydrogen-bond donors (Lipinski definition) is 2. The molecular formula is C29H36N2O5. The summed E-state index contributed by atoms with van der Waals surface area (Å²) < 4.78 is 17.2. The van der Waals surface area contributed by atoms with E-state index in [1.54, 1.807) is 12.1 Å². The van der Waals surface area contributed by atoms with Gasteiger partial charge in [0, 0.05) is 18.3 Å². The molecule has 36 heavy (non-hydrogen) atoms. The van der Waals surface area contributed by atoms with Crippen molar-refractivity contribution in [3.63, 3.8) is 0 Å². The Bertz CT molecular complexity index is 1080. The lowest BCUT2D eigenvalue weighted by molar-refractivity contribution is 0.00944. The smallest absolute Gasteiger partial charge is 0.410 e. The number of nitrogens with zero attached hydrogens (tertiary/aromatic N) is 1. The van der Waals surface area contributed by atoms with Gasteiger partial charge in [-0.25, -0.2) is 4.79 Å². The molecule has 0 aliphatic carbocycles. The van der Waals surface area contributed by atoms with Crippen LogP contribution < -0.4 is 15.2 Å². The molecule has 0 aliphatic rings. The SMILES string of the molecule is CC(C)(C)OC(=O)N(CCc1ccc(N)cc1)C[C@H](O)COc1cccc(OCc2ccccc2)c1. The van der Waals surface area contributed by atoms with Crippen LogP contribution in [-0.2, 0) is 17.8 Å². The van der Waals surface area contributed by atoms with E-state index in [4.69, 9.17) is 19.9 Å². The third-order valence-corrected chi connectivity index (χ3v) is 5.23. The number of anilines is 1. The van der Waals surface area contributed by atoms with Gasteiger partial charge in [0.2, 0.25) is 0 Å². The average Bonchev–Trinajstić information content (AvgIpc) is 2.85. The minimum Gasteiger partial charge on any atom is -0.491 e. The maximum absolute atomic E-state index is 12.8. The van der Waals surface area contributed by atoms with Crippen molar-refractivity contribution >= 4 is 11.8 Å². The average molecular weight is 493 g/mol. The van der Waals surface area contributed by atoms with Gasteiger partial charge in [-0.2, -0.15) is 0 Å². The highest BCUT2D eigenvalue weighted by atomic mass is 16.6. The van der Waals surface area contributed by atoms with E-state index < -0.39 is 17.8 Å². The number of ether oxygens (including phenoxy) is 3. The van der Waals surface area contributed by atoms with Gasteiger partial charge < -0.3 is 30.0 Å². The van der Waals surface area contributed by atoms with Crippen LogP contribution in [-0.4, -0.2) is 47.5 Å². The molecule has 3 N–H and O–H groups in total. The molecule has 0 aliphatic heterocycles. The maximum Gasteiger partial charge on any atom is 0.410 e. The predicted octanol–water partition coefficient (Wildman–Crippen LogP) is 5.07. The highest BCUT2D eigenvalue weighted by molar-refractivity contribution is 5.68. The van der Waals surface area contributed by atoms with Crippen LogP contribution in [0.2, 0.25) is 0 Å². The van der Waals surface area contributed by atoms with Crippen LogP contribution in [0.25, 0.3) is 0 Å². The highest BCUT2D eigenvalue weighted by Crippen LogP contribution is 2.21. The molecule has 0 fully saturated rings. The molecule has 0 heterocycles. The normalized spacial score (nSPS) is 12.0. The van der Waals surface area contributed by atoms with Crippen molar-refractivity contribution in [3.05, 3.63) is 90.0 Å². The quantitative estimate of drug-likeness (QED) is 0.363. The number of hydrogen-bond acceptors (Lipinski definition) is 6. The minimum atomic E-state index is -0.905. The molecule has 192 valence electrons. The Kier molecular flexibility index (Phi) is 9.59. The Balaban J connectivity index is 1.55. The summed E-state index contributed by atoms with van der Waals surface area (Å²) in [6.07, 6.45) is -0.778. The van der Waals surface area contributed by atoms with Crippen molar-refractivity contribution < 1.29 is 24.1 Å². The van der Waals surface area contributed by atoms with Gasteiger partial charge in [-0.15, -0.1) is 0 Å². The third-order valence-electron chi connectivity index (χ3n) is 5.23. The largest absolute Gasteiger partial charge is 0.491 e. The van der Waals surface area contributed by atoms with E-state index in [1.807, 2.05) is 87.5 Å². The lowest BCUT2D eigenvalue weighted by atomic mass is 10.1. The summed E-state index contributed by atoms with van der Waals surface area (Å²) in [6, 6.07) is 24.7. The standard InChI is InChI=1S/C29H36N2O5/c1-29(2,3)36-28(33)31(17-16-22-12-14-24(30)15-13-22)19-25(32)21-35-27-11-7-10-26(18-27)34-20-23-8-5-4-6-9-23/h4-15,18,25,32H,16-17,19-21,30H2,1-3H3/t25-/m0/s1. The molecule has 0 aromatic heterocycles. The topological polar surface area (TPSA) is 94.3 Å². The van der Waals surface area contributed by atoms with Gasteiger partial charge in [-0.1, -0.05) is 48.5 Å². The zero-order chi connectivity index (χ0) is 26.0. The first-order chi connectivity index (χ1) is 17.2. The zero-order valence-electron chi connectivity index (χ0n) is 21.2. The van der Waals surface area contributed by atoms with Crippen molar-refractivity contribution in [2.75, 3.05) is 25.4 Å². The van der Waals surface area contributed by atoms with E-state index in [9.17, 15) is 9.90 Å². The molecule has 7 nitrogen and oxygen atoms in total. The first-order valence-electron chi connectivity index (χ1n) is 12.1. The summed E-state index contributed by atoms with van der Waals surface area (Å²) >= 11 is 0. The van der Waals surface area contributed by atoms with Gasteiger partial charge in [0.05, 0.1) is 6.54 Å². The number of nitrogens with two attached hydrogens (primary N) is 1. The summed E-state index contributed by atoms with van der Waals surface area (Å²) in [7, 11) is 0. The van der Waals surface area contributed by atoms with Crippen LogP contribution in [0.15, 0.2) is 78.9 Å². The lowest BCUT2D eigenvalue weighted by Gasteiger charge is -2.29. The van der Waals surface area contributed by atoms with Crippen molar-refractivity contribution in [2.24, 2.45) is 0 Å². The van der Waals surface area contributed by atoms with Gasteiger partial charge in [0.1, 0.15) is 36.4 Å². The van der Waals surface area contributed by atoms with Crippen LogP contribution >= 0.6 is 0 Å². The lowest BCUT2D eigenvalue weighted by Crippen LogP contribution is -2.43. The van der Waals surface area contributed by atoms with Crippen LogP contribution in [0.5, 0.6) is 11.5 Å². The van der Waals surface area contributed by atoms with Crippen LogP contribution in [0.1, 0.15) is 31.9 Å². The fourth-order valence-corrected chi connectivity index (χ4v) is 3.43. The van der Waals surface area contributed by atoms with E-state index in [1.165, 1.54) is 4.90 Å². The molecule has 0 unspecified atom stereocenters. The van der Waals surface area contributed by atoms with E-state index in [2.05, 4.69) is 0 Å². The summed E-state index contributed by atoms with van der Waals surface area (Å²) in [4.78, 5) is 14.3.